The lowest BCUT2D eigenvalue weighted by molar-refractivity contribution is 0.181. The monoisotopic (exact) mass is 262 g/mol. The van der Waals surface area contributed by atoms with Gasteiger partial charge in [-0.2, -0.15) is 0 Å². The molecule has 0 aliphatic carbocycles. The first-order valence-electron chi connectivity index (χ1n) is 6.03. The lowest BCUT2D eigenvalue weighted by Gasteiger charge is -2.00. The molecule has 0 saturated carbocycles. The predicted octanol–water partition coefficient (Wildman–Crippen LogP) is 3.80. The van der Waals surface area contributed by atoms with Crippen LogP contribution in [0.2, 0.25) is 0 Å². The number of aliphatic hydroxyl groups excluding tert-OH is 1. The molecule has 0 radical (unpaired) electrons. The Bertz CT molecular complexity index is 394. The van der Waals surface area contributed by atoms with Crippen molar-refractivity contribution in [2.45, 2.75) is 38.7 Å². The van der Waals surface area contributed by atoms with Crippen molar-refractivity contribution in [2.75, 3.05) is 0 Å². The van der Waals surface area contributed by atoms with E-state index in [0.717, 1.165) is 25.7 Å². The van der Waals surface area contributed by atoms with Crippen molar-refractivity contribution < 1.29 is 5.11 Å². The third kappa shape index (κ3) is 14.6. The van der Waals surface area contributed by atoms with Crippen LogP contribution in [0.5, 0.6) is 0 Å². The molecule has 96 valence electrons. The van der Waals surface area contributed by atoms with E-state index in [1.807, 2.05) is 19.1 Å². The van der Waals surface area contributed by atoms with Crippen LogP contribution in [0.25, 0.3) is 0 Å². The highest BCUT2D eigenvalue weighted by Gasteiger charge is 1.93. The van der Waals surface area contributed by atoms with Gasteiger partial charge in [-0.1, -0.05) is 48.1 Å². The molecular formula is C16H19ClO. The van der Waals surface area contributed by atoms with Gasteiger partial charge in [0.1, 0.15) is 0 Å². The minimum absolute atomic E-state index is 0.189. The van der Waals surface area contributed by atoms with E-state index in [0.29, 0.717) is 0 Å². The molecule has 0 aromatic carbocycles. The Morgan fingerprint density at radius 1 is 1.11 bits per heavy atom. The van der Waals surface area contributed by atoms with Crippen LogP contribution in [-0.2, 0) is 0 Å². The van der Waals surface area contributed by atoms with Crippen LogP contribution in [0, 0.1) is 23.7 Å². The molecular weight excluding hydrogens is 244 g/mol. The lowest BCUT2D eigenvalue weighted by Crippen LogP contribution is -1.97. The SMILES string of the molecule is C[C@H](O)CCCCC=CC#CC#CC=CC=CCl. The molecule has 1 atom stereocenters. The van der Waals surface area contributed by atoms with Gasteiger partial charge in [0, 0.05) is 5.54 Å². The molecule has 0 saturated heterocycles. The van der Waals surface area contributed by atoms with Gasteiger partial charge >= 0.3 is 0 Å². The summed E-state index contributed by atoms with van der Waals surface area (Å²) in [6, 6.07) is 0. The van der Waals surface area contributed by atoms with Crippen LogP contribution in [0.4, 0.5) is 0 Å². The summed E-state index contributed by atoms with van der Waals surface area (Å²) in [5.41, 5.74) is 1.42. The molecule has 0 spiro atoms. The summed E-state index contributed by atoms with van der Waals surface area (Å²) in [5.74, 6) is 11.0. The van der Waals surface area contributed by atoms with Crippen molar-refractivity contribution in [1.29, 1.82) is 0 Å². The van der Waals surface area contributed by atoms with Crippen LogP contribution in [-0.4, -0.2) is 11.2 Å². The highest BCUT2D eigenvalue weighted by Crippen LogP contribution is 2.03. The van der Waals surface area contributed by atoms with E-state index in [1.54, 1.807) is 18.2 Å². The fraction of sp³-hybridized carbons (Fsp3) is 0.375. The van der Waals surface area contributed by atoms with Gasteiger partial charge in [0.05, 0.1) is 6.10 Å². The second kappa shape index (κ2) is 13.7. The first-order valence-corrected chi connectivity index (χ1v) is 6.47. The van der Waals surface area contributed by atoms with E-state index in [2.05, 4.69) is 23.7 Å². The van der Waals surface area contributed by atoms with Crippen LogP contribution >= 0.6 is 11.6 Å². The van der Waals surface area contributed by atoms with Crippen LogP contribution in [0.15, 0.2) is 35.9 Å². The van der Waals surface area contributed by atoms with Gasteiger partial charge in [0.15, 0.2) is 0 Å². The number of hydrogen-bond acceptors (Lipinski definition) is 1. The Morgan fingerprint density at radius 3 is 2.50 bits per heavy atom. The molecule has 2 heteroatoms. The smallest absolute Gasteiger partial charge is 0.0512 e. The van der Waals surface area contributed by atoms with Crippen molar-refractivity contribution in [3.8, 4) is 23.7 Å². The number of rotatable bonds is 6. The largest absolute Gasteiger partial charge is 0.393 e. The lowest BCUT2D eigenvalue weighted by atomic mass is 10.1. The number of allylic oxidation sites excluding steroid dienone is 5. The van der Waals surface area contributed by atoms with Gasteiger partial charge in [-0.05, 0) is 50.2 Å². The Morgan fingerprint density at radius 2 is 1.83 bits per heavy atom. The van der Waals surface area contributed by atoms with Gasteiger partial charge in [-0.25, -0.2) is 0 Å². The van der Waals surface area contributed by atoms with E-state index in [1.165, 1.54) is 5.54 Å². The zero-order valence-corrected chi connectivity index (χ0v) is 11.5. The molecule has 18 heavy (non-hydrogen) atoms. The summed E-state index contributed by atoms with van der Waals surface area (Å²) in [5, 5.41) is 9.06. The number of hydrogen-bond donors (Lipinski definition) is 1. The third-order valence-electron chi connectivity index (χ3n) is 2.01. The normalized spacial score (nSPS) is 12.4. The van der Waals surface area contributed by atoms with Crippen molar-refractivity contribution in [3.05, 3.63) is 35.9 Å². The average molecular weight is 263 g/mol. The minimum Gasteiger partial charge on any atom is -0.393 e. The fourth-order valence-electron chi connectivity index (χ4n) is 1.15. The fourth-order valence-corrected chi connectivity index (χ4v) is 1.23. The molecule has 0 heterocycles. The first-order chi connectivity index (χ1) is 8.77. The first kappa shape index (κ1) is 16.6. The van der Waals surface area contributed by atoms with Gasteiger partial charge in [0.2, 0.25) is 0 Å². The Labute approximate surface area is 115 Å². The van der Waals surface area contributed by atoms with Gasteiger partial charge in [-0.15, -0.1) is 0 Å². The van der Waals surface area contributed by atoms with Crippen LogP contribution < -0.4 is 0 Å². The summed E-state index contributed by atoms with van der Waals surface area (Å²) in [7, 11) is 0. The van der Waals surface area contributed by atoms with E-state index >= 15 is 0 Å². The molecule has 0 bridgehead atoms. The molecule has 0 aromatic rings. The molecule has 0 rings (SSSR count). The zero-order chi connectivity index (χ0) is 13.5. The van der Waals surface area contributed by atoms with Crippen molar-refractivity contribution in [1.82, 2.24) is 0 Å². The summed E-state index contributed by atoms with van der Waals surface area (Å²) >= 11 is 5.32. The highest BCUT2D eigenvalue weighted by atomic mass is 35.5. The topological polar surface area (TPSA) is 20.2 Å². The molecule has 0 aliphatic heterocycles. The van der Waals surface area contributed by atoms with E-state index < -0.39 is 0 Å². The van der Waals surface area contributed by atoms with Crippen molar-refractivity contribution in [3.63, 3.8) is 0 Å². The third-order valence-corrected chi connectivity index (χ3v) is 2.16. The minimum atomic E-state index is -0.189. The maximum Gasteiger partial charge on any atom is 0.0512 e. The average Bonchev–Trinajstić information content (AvgIpc) is 2.34. The second-order valence-electron chi connectivity index (χ2n) is 3.75. The molecule has 0 fully saturated rings. The van der Waals surface area contributed by atoms with Gasteiger partial charge in [-0.3, -0.25) is 0 Å². The van der Waals surface area contributed by atoms with E-state index in [-0.39, 0.29) is 6.10 Å². The predicted molar refractivity (Wildman–Crippen MR) is 79.0 cm³/mol. The standard InChI is InChI=1S/C16H19ClO/c1-16(18)14-12-10-8-6-4-2-3-5-7-9-11-13-15-17/h4,6,9,11,13,15-16,18H,8,10,12,14H2,1H3/t16-/m0/s1. The van der Waals surface area contributed by atoms with Crippen molar-refractivity contribution >= 4 is 11.6 Å². The quantitative estimate of drug-likeness (QED) is 0.439. The summed E-state index contributed by atoms with van der Waals surface area (Å²) in [6.45, 7) is 1.82. The maximum absolute atomic E-state index is 9.06. The molecule has 1 N–H and O–H groups in total. The molecule has 0 aliphatic rings. The summed E-state index contributed by atoms with van der Waals surface area (Å²) < 4.78 is 0. The van der Waals surface area contributed by atoms with Gasteiger partial charge < -0.3 is 5.11 Å². The molecule has 0 amide bonds. The Balaban J connectivity index is 3.63. The molecule has 0 unspecified atom stereocenters. The molecule has 1 nitrogen and oxygen atoms in total. The summed E-state index contributed by atoms with van der Waals surface area (Å²) in [4.78, 5) is 0. The van der Waals surface area contributed by atoms with Gasteiger partial charge in [0.25, 0.3) is 0 Å². The zero-order valence-electron chi connectivity index (χ0n) is 10.7. The number of aliphatic hydroxyl groups is 1. The summed E-state index contributed by atoms with van der Waals surface area (Å²) in [6.07, 6.45) is 12.8. The second-order valence-corrected chi connectivity index (χ2v) is 4.00. The van der Waals surface area contributed by atoms with Crippen LogP contribution in [0.3, 0.4) is 0 Å². The number of halogens is 1. The Hall–Kier alpha value is -1.41. The number of unbranched alkanes of at least 4 members (excludes halogenated alkanes) is 2. The Kier molecular flexibility index (Phi) is 12.6. The van der Waals surface area contributed by atoms with Crippen molar-refractivity contribution in [2.24, 2.45) is 0 Å². The maximum atomic E-state index is 9.06. The van der Waals surface area contributed by atoms with Crippen LogP contribution in [0.1, 0.15) is 32.6 Å². The molecule has 0 aromatic heterocycles. The van der Waals surface area contributed by atoms with E-state index in [9.17, 15) is 0 Å². The highest BCUT2D eigenvalue weighted by molar-refractivity contribution is 6.25. The van der Waals surface area contributed by atoms with E-state index in [4.69, 9.17) is 16.7 Å².